The van der Waals surface area contributed by atoms with Gasteiger partial charge in [0.25, 0.3) is 0 Å². The predicted molar refractivity (Wildman–Crippen MR) is 102 cm³/mol. The van der Waals surface area contributed by atoms with Crippen LogP contribution in [0.25, 0.3) is 0 Å². The van der Waals surface area contributed by atoms with Gasteiger partial charge in [-0.25, -0.2) is 9.97 Å². The second kappa shape index (κ2) is 7.96. The van der Waals surface area contributed by atoms with Crippen LogP contribution in [0.5, 0.6) is 0 Å². The zero-order chi connectivity index (χ0) is 16.9. The molecule has 2 heterocycles. The first-order chi connectivity index (χ1) is 12.4. The van der Waals surface area contributed by atoms with Gasteiger partial charge in [0.2, 0.25) is 0 Å². The zero-order valence-electron chi connectivity index (χ0n) is 14.8. The van der Waals surface area contributed by atoms with Gasteiger partial charge < -0.3 is 5.32 Å². The molecule has 2 aromatic rings. The third kappa shape index (κ3) is 4.01. The first-order valence-corrected chi connectivity index (χ1v) is 9.71. The van der Waals surface area contributed by atoms with Gasteiger partial charge in [-0.05, 0) is 37.2 Å². The van der Waals surface area contributed by atoms with Crippen molar-refractivity contribution in [2.75, 3.05) is 18.4 Å². The number of hydrogen-bond donors (Lipinski definition) is 1. The molecule has 25 heavy (non-hydrogen) atoms. The van der Waals surface area contributed by atoms with Crippen molar-refractivity contribution in [1.82, 2.24) is 14.9 Å². The molecular formula is C21H28N4. The van der Waals surface area contributed by atoms with Gasteiger partial charge in [0.1, 0.15) is 6.33 Å². The maximum Gasteiger partial charge on any atom is 0.115 e. The fourth-order valence-electron chi connectivity index (χ4n) is 4.62. The lowest BCUT2D eigenvalue weighted by Crippen LogP contribution is -2.47. The number of hydrogen-bond acceptors (Lipinski definition) is 4. The summed E-state index contributed by atoms with van der Waals surface area (Å²) in [4.78, 5) is 11.0. The van der Waals surface area contributed by atoms with Crippen LogP contribution in [0.4, 0.5) is 5.69 Å². The van der Waals surface area contributed by atoms with Crippen LogP contribution < -0.4 is 5.32 Å². The Labute approximate surface area is 150 Å². The largest absolute Gasteiger partial charge is 0.380 e. The summed E-state index contributed by atoms with van der Waals surface area (Å²) in [6.07, 6.45) is 13.2. The van der Waals surface area contributed by atoms with E-state index in [-0.39, 0.29) is 0 Å². The number of nitrogens with one attached hydrogen (secondary N) is 1. The van der Waals surface area contributed by atoms with Crippen molar-refractivity contribution in [3.8, 4) is 0 Å². The summed E-state index contributed by atoms with van der Waals surface area (Å²) in [5, 5.41) is 3.60. The Balaban J connectivity index is 1.37. The van der Waals surface area contributed by atoms with E-state index in [0.717, 1.165) is 11.7 Å². The normalized spacial score (nSPS) is 25.6. The van der Waals surface area contributed by atoms with E-state index in [1.165, 1.54) is 57.2 Å². The standard InChI is InChI=1S/C21H28N4/c1-2-6-17(7-3-1)20-8-4-5-9-21(20)25-12-10-18(11-13-25)24-19-14-22-16-23-15-19/h1-3,6-7,14-16,18,20-21,24H,4-5,8-13H2/t20-,21-/m1/s1. The minimum absolute atomic E-state index is 0.543. The van der Waals surface area contributed by atoms with E-state index in [4.69, 9.17) is 0 Å². The van der Waals surface area contributed by atoms with Crippen LogP contribution in [-0.4, -0.2) is 40.0 Å². The first-order valence-electron chi connectivity index (χ1n) is 9.71. The minimum atomic E-state index is 0.543. The summed E-state index contributed by atoms with van der Waals surface area (Å²) in [6, 6.07) is 12.4. The van der Waals surface area contributed by atoms with Crippen LogP contribution in [0.2, 0.25) is 0 Å². The van der Waals surface area contributed by atoms with E-state index < -0.39 is 0 Å². The smallest absolute Gasteiger partial charge is 0.115 e. The number of piperidine rings is 1. The molecule has 1 aliphatic heterocycles. The number of rotatable bonds is 4. The number of aromatic nitrogens is 2. The van der Waals surface area contributed by atoms with Crippen molar-refractivity contribution in [2.24, 2.45) is 0 Å². The lowest BCUT2D eigenvalue weighted by molar-refractivity contribution is 0.109. The molecule has 4 heteroatoms. The Hall–Kier alpha value is -1.94. The van der Waals surface area contributed by atoms with E-state index in [2.05, 4.69) is 50.5 Å². The fraction of sp³-hybridized carbons (Fsp3) is 0.524. The highest BCUT2D eigenvalue weighted by atomic mass is 15.2. The molecule has 4 rings (SSSR count). The van der Waals surface area contributed by atoms with E-state index in [9.17, 15) is 0 Å². The molecule has 0 spiro atoms. The second-order valence-corrected chi connectivity index (χ2v) is 7.45. The van der Waals surface area contributed by atoms with Gasteiger partial charge in [-0.3, -0.25) is 4.90 Å². The van der Waals surface area contributed by atoms with Crippen LogP contribution >= 0.6 is 0 Å². The molecule has 2 atom stereocenters. The molecule has 2 fully saturated rings. The summed E-state index contributed by atoms with van der Waals surface area (Å²) in [7, 11) is 0. The molecule has 1 aromatic heterocycles. The SMILES string of the molecule is c1ccc([C@H]2CCCC[C@H]2N2CCC(Nc3cncnc3)CC2)cc1. The first kappa shape index (κ1) is 16.5. The quantitative estimate of drug-likeness (QED) is 0.913. The molecule has 1 aromatic carbocycles. The lowest BCUT2D eigenvalue weighted by atomic mass is 9.78. The van der Waals surface area contributed by atoms with Gasteiger partial charge in [-0.2, -0.15) is 0 Å². The number of anilines is 1. The van der Waals surface area contributed by atoms with E-state index >= 15 is 0 Å². The Morgan fingerprint density at radius 1 is 0.880 bits per heavy atom. The van der Waals surface area contributed by atoms with Crippen molar-refractivity contribution in [1.29, 1.82) is 0 Å². The van der Waals surface area contributed by atoms with Crippen molar-refractivity contribution in [3.63, 3.8) is 0 Å². The van der Waals surface area contributed by atoms with E-state index in [1.54, 1.807) is 6.33 Å². The highest BCUT2D eigenvalue weighted by Crippen LogP contribution is 2.37. The average Bonchev–Trinajstić information content (AvgIpc) is 2.70. The molecule has 4 nitrogen and oxygen atoms in total. The van der Waals surface area contributed by atoms with Gasteiger partial charge in [-0.15, -0.1) is 0 Å². The van der Waals surface area contributed by atoms with E-state index in [0.29, 0.717) is 12.0 Å². The third-order valence-electron chi connectivity index (χ3n) is 5.89. The molecule has 0 radical (unpaired) electrons. The summed E-state index contributed by atoms with van der Waals surface area (Å²) in [5.74, 6) is 0.710. The Kier molecular flexibility index (Phi) is 5.26. The molecule has 2 aliphatic rings. The molecule has 1 saturated carbocycles. The average molecular weight is 336 g/mol. The van der Waals surface area contributed by atoms with Crippen LogP contribution in [0.1, 0.15) is 50.0 Å². The fourth-order valence-corrected chi connectivity index (χ4v) is 4.62. The van der Waals surface area contributed by atoms with Gasteiger partial charge in [0, 0.05) is 25.2 Å². The van der Waals surface area contributed by atoms with Crippen molar-refractivity contribution >= 4 is 5.69 Å². The maximum absolute atomic E-state index is 4.10. The molecule has 0 unspecified atom stereocenters. The second-order valence-electron chi connectivity index (χ2n) is 7.45. The van der Waals surface area contributed by atoms with Crippen LogP contribution in [-0.2, 0) is 0 Å². The van der Waals surface area contributed by atoms with E-state index in [1.807, 2.05) is 12.4 Å². The monoisotopic (exact) mass is 336 g/mol. The summed E-state index contributed by atoms with van der Waals surface area (Å²) in [6.45, 7) is 2.39. The van der Waals surface area contributed by atoms with Gasteiger partial charge in [0.05, 0.1) is 18.1 Å². The Morgan fingerprint density at radius 3 is 2.36 bits per heavy atom. The summed E-state index contributed by atoms with van der Waals surface area (Å²) >= 11 is 0. The van der Waals surface area contributed by atoms with Crippen LogP contribution in [0, 0.1) is 0 Å². The summed E-state index contributed by atoms with van der Waals surface area (Å²) in [5.41, 5.74) is 2.58. The zero-order valence-corrected chi connectivity index (χ0v) is 14.8. The van der Waals surface area contributed by atoms with Gasteiger partial charge in [0.15, 0.2) is 0 Å². The highest BCUT2D eigenvalue weighted by molar-refractivity contribution is 5.38. The molecule has 1 aliphatic carbocycles. The molecule has 1 N–H and O–H groups in total. The Bertz CT molecular complexity index is 637. The molecular weight excluding hydrogens is 308 g/mol. The van der Waals surface area contributed by atoms with Crippen LogP contribution in [0.3, 0.4) is 0 Å². The van der Waals surface area contributed by atoms with Gasteiger partial charge in [-0.1, -0.05) is 43.2 Å². The molecule has 132 valence electrons. The Morgan fingerprint density at radius 2 is 1.60 bits per heavy atom. The summed E-state index contributed by atoms with van der Waals surface area (Å²) < 4.78 is 0. The lowest BCUT2D eigenvalue weighted by Gasteiger charge is -2.43. The van der Waals surface area contributed by atoms with Gasteiger partial charge >= 0.3 is 0 Å². The van der Waals surface area contributed by atoms with Crippen molar-refractivity contribution in [2.45, 2.75) is 56.5 Å². The molecule has 0 amide bonds. The number of likely N-dealkylation sites (tertiary alicyclic amines) is 1. The maximum atomic E-state index is 4.10. The topological polar surface area (TPSA) is 41.0 Å². The number of benzene rings is 1. The highest BCUT2D eigenvalue weighted by Gasteiger charge is 2.33. The third-order valence-corrected chi connectivity index (χ3v) is 5.89. The molecule has 0 bridgehead atoms. The predicted octanol–water partition coefficient (Wildman–Crippen LogP) is 4.08. The minimum Gasteiger partial charge on any atom is -0.380 e. The van der Waals surface area contributed by atoms with Crippen molar-refractivity contribution < 1.29 is 0 Å². The van der Waals surface area contributed by atoms with Crippen LogP contribution in [0.15, 0.2) is 49.1 Å². The molecule has 1 saturated heterocycles. The van der Waals surface area contributed by atoms with Crippen molar-refractivity contribution in [3.05, 3.63) is 54.6 Å². The number of nitrogens with zero attached hydrogens (tertiary/aromatic N) is 3.